The average Bonchev–Trinajstić information content (AvgIpc) is 0. The molecule has 4 heavy (non-hydrogen) atoms. The van der Waals surface area contributed by atoms with Crippen molar-refractivity contribution in [2.45, 2.75) is 0 Å². The molecule has 0 aromatic heterocycles. The minimum Gasteiger partial charge on any atom is 0 e. The van der Waals surface area contributed by atoms with Crippen molar-refractivity contribution in [1.82, 2.24) is 0 Å². The maximum atomic E-state index is 0. The van der Waals surface area contributed by atoms with Crippen molar-refractivity contribution in [3.05, 3.63) is 0 Å². The summed E-state index contributed by atoms with van der Waals surface area (Å²) in [5.74, 6) is 0. The van der Waals surface area contributed by atoms with Crippen LogP contribution in [0.15, 0.2) is 0 Å². The number of hydrogen-bond acceptors (Lipinski definition) is 0. The van der Waals surface area contributed by atoms with Gasteiger partial charge in [0.05, 0.1) is 0 Å². The second-order valence-electron chi connectivity index (χ2n) is 0. The molecule has 0 aliphatic heterocycles. The molecule has 0 nitrogen and oxygen atoms in total. The fraction of sp³-hybridized carbons (Fsp3) is 0. The second-order valence-corrected chi connectivity index (χ2v) is 0. The first-order valence-corrected chi connectivity index (χ1v) is 0. The van der Waals surface area contributed by atoms with Crippen LogP contribution < -0.4 is 0 Å². The van der Waals surface area contributed by atoms with E-state index in [0.717, 1.165) is 0 Å². The summed E-state index contributed by atoms with van der Waals surface area (Å²) in [4.78, 5) is 0. The van der Waals surface area contributed by atoms with E-state index in [-0.39, 0.29) is 74.5 Å². The SMILES string of the molecule is [Co].[Ni].[Ti].[Zn]. The minimum atomic E-state index is 0. The Balaban J connectivity index is 0. The molecule has 0 saturated heterocycles. The van der Waals surface area contributed by atoms with Crippen molar-refractivity contribution in [3.8, 4) is 0 Å². The molecule has 0 aromatic carbocycles. The first kappa shape index (κ1) is 33.0. The summed E-state index contributed by atoms with van der Waals surface area (Å²) in [6, 6.07) is 0. The molecule has 0 atom stereocenters. The van der Waals surface area contributed by atoms with E-state index in [1.807, 2.05) is 0 Å². The summed E-state index contributed by atoms with van der Waals surface area (Å²) >= 11 is 0. The average molecular weight is 231 g/mol. The summed E-state index contributed by atoms with van der Waals surface area (Å²) < 4.78 is 0. The molecule has 0 heterocycles. The third-order valence-corrected chi connectivity index (χ3v) is 0. The zero-order valence-corrected chi connectivity index (χ0v) is 8.41. The Morgan fingerprint density at radius 2 is 1.00 bits per heavy atom. The molecule has 0 fully saturated rings. The van der Waals surface area contributed by atoms with Crippen LogP contribution in [-0.2, 0) is 74.5 Å². The van der Waals surface area contributed by atoms with Gasteiger partial charge in [-0.05, 0) is 0 Å². The second kappa shape index (κ2) is 18.4. The monoisotopic (exact) mass is 229 g/mol. The van der Waals surface area contributed by atoms with E-state index in [1.165, 1.54) is 0 Å². The van der Waals surface area contributed by atoms with Crippen molar-refractivity contribution >= 4 is 0 Å². The fourth-order valence-corrected chi connectivity index (χ4v) is 0. The largest absolute Gasteiger partial charge is 0 e. The van der Waals surface area contributed by atoms with Crippen LogP contribution >= 0.6 is 0 Å². The molecular weight excluding hydrogens is 231 g/mol. The summed E-state index contributed by atoms with van der Waals surface area (Å²) in [7, 11) is 0. The molecule has 0 aromatic rings. The fourth-order valence-electron chi connectivity index (χ4n) is 0. The summed E-state index contributed by atoms with van der Waals surface area (Å²) in [5.41, 5.74) is 0. The van der Waals surface area contributed by atoms with E-state index >= 15 is 0 Å². The smallest absolute Gasteiger partial charge is 0 e. The van der Waals surface area contributed by atoms with Gasteiger partial charge in [-0.1, -0.05) is 0 Å². The van der Waals surface area contributed by atoms with Crippen LogP contribution in [0.4, 0.5) is 0 Å². The van der Waals surface area contributed by atoms with Gasteiger partial charge in [0.25, 0.3) is 0 Å². The van der Waals surface area contributed by atoms with E-state index in [4.69, 9.17) is 0 Å². The zero-order chi connectivity index (χ0) is 0. The molecule has 0 N–H and O–H groups in total. The Hall–Kier alpha value is 2.34. The molecule has 0 aliphatic carbocycles. The molecule has 0 bridgehead atoms. The summed E-state index contributed by atoms with van der Waals surface area (Å²) in [6.07, 6.45) is 0. The molecule has 0 amide bonds. The molecule has 25 valence electrons. The van der Waals surface area contributed by atoms with Gasteiger partial charge in [-0.2, -0.15) is 0 Å². The van der Waals surface area contributed by atoms with Gasteiger partial charge < -0.3 is 0 Å². The maximum Gasteiger partial charge on any atom is 0 e. The normalized spacial score (nSPS) is 0. The van der Waals surface area contributed by atoms with Crippen LogP contribution in [0.25, 0.3) is 0 Å². The Kier molecular flexibility index (Phi) is 152. The van der Waals surface area contributed by atoms with E-state index in [9.17, 15) is 0 Å². The van der Waals surface area contributed by atoms with E-state index in [0.29, 0.717) is 0 Å². The standard InChI is InChI=1S/Co.Ni.Ti.Zn. The van der Waals surface area contributed by atoms with Gasteiger partial charge in [0.2, 0.25) is 0 Å². The Morgan fingerprint density at radius 3 is 1.00 bits per heavy atom. The topological polar surface area (TPSA) is 0 Å². The van der Waals surface area contributed by atoms with Gasteiger partial charge in [-0.3, -0.25) is 0 Å². The van der Waals surface area contributed by atoms with Crippen molar-refractivity contribution in [2.24, 2.45) is 0 Å². The molecule has 0 spiro atoms. The number of rotatable bonds is 0. The molecule has 0 unspecified atom stereocenters. The van der Waals surface area contributed by atoms with Crippen molar-refractivity contribution < 1.29 is 74.5 Å². The third-order valence-electron chi connectivity index (χ3n) is 0. The van der Waals surface area contributed by atoms with Crippen LogP contribution in [-0.4, -0.2) is 0 Å². The molecule has 0 aliphatic rings. The summed E-state index contributed by atoms with van der Waals surface area (Å²) in [6.45, 7) is 0. The Bertz CT molecular complexity index is 8.00. The van der Waals surface area contributed by atoms with Crippen molar-refractivity contribution in [1.29, 1.82) is 0 Å². The Labute approximate surface area is 73.6 Å². The molecule has 1 radical (unpaired) electrons. The van der Waals surface area contributed by atoms with E-state index in [2.05, 4.69) is 0 Å². The molecule has 4 heteroatoms. The molecule has 0 saturated carbocycles. The van der Waals surface area contributed by atoms with Crippen LogP contribution in [0.5, 0.6) is 0 Å². The first-order chi connectivity index (χ1) is 0. The predicted molar refractivity (Wildman–Crippen MR) is 0 cm³/mol. The van der Waals surface area contributed by atoms with Crippen LogP contribution in [0.1, 0.15) is 0 Å². The van der Waals surface area contributed by atoms with Gasteiger partial charge in [0.15, 0.2) is 0 Å². The summed E-state index contributed by atoms with van der Waals surface area (Å²) in [5, 5.41) is 0. The van der Waals surface area contributed by atoms with Crippen LogP contribution in [0.3, 0.4) is 0 Å². The van der Waals surface area contributed by atoms with Gasteiger partial charge in [-0.25, -0.2) is 0 Å². The van der Waals surface area contributed by atoms with Crippen molar-refractivity contribution in [3.63, 3.8) is 0 Å². The van der Waals surface area contributed by atoms with Crippen LogP contribution in [0, 0.1) is 0 Å². The van der Waals surface area contributed by atoms with Crippen molar-refractivity contribution in [2.75, 3.05) is 0 Å². The van der Waals surface area contributed by atoms with Gasteiger partial charge in [0.1, 0.15) is 0 Å². The predicted octanol–water partition coefficient (Wildman–Crippen LogP) is -0.0100. The minimum absolute atomic E-state index is 0. The molecular formula is CoNiTiZn. The first-order valence-electron chi connectivity index (χ1n) is 0. The Morgan fingerprint density at radius 1 is 1.00 bits per heavy atom. The zero-order valence-electron chi connectivity index (χ0n) is 1.86. The third kappa shape index (κ3) is 8.84. The van der Waals surface area contributed by atoms with E-state index in [1.54, 1.807) is 0 Å². The van der Waals surface area contributed by atoms with Gasteiger partial charge in [0, 0.05) is 74.5 Å². The van der Waals surface area contributed by atoms with Gasteiger partial charge in [-0.15, -0.1) is 0 Å². The maximum absolute atomic E-state index is 0. The van der Waals surface area contributed by atoms with Gasteiger partial charge >= 0.3 is 0 Å². The molecule has 0 rings (SSSR count). The number of hydrogen-bond donors (Lipinski definition) is 0. The van der Waals surface area contributed by atoms with Crippen LogP contribution in [0.2, 0.25) is 0 Å². The van der Waals surface area contributed by atoms with E-state index < -0.39 is 0 Å². The quantitative estimate of drug-likeness (QED) is 0.514.